The van der Waals surface area contributed by atoms with Crippen LogP contribution in [0.2, 0.25) is 0 Å². The SMILES string of the molecule is CNC(C)c1sc(N2CCC3C(CCCN3C)C2)nc1C. The quantitative estimate of drug-likeness (QED) is 0.930. The first-order valence-corrected chi connectivity index (χ1v) is 9.01. The molecule has 2 fully saturated rings. The van der Waals surface area contributed by atoms with Crippen LogP contribution in [-0.2, 0) is 0 Å². The zero-order valence-electron chi connectivity index (χ0n) is 13.7. The summed E-state index contributed by atoms with van der Waals surface area (Å²) in [7, 11) is 4.32. The Balaban J connectivity index is 1.73. The molecule has 118 valence electrons. The van der Waals surface area contributed by atoms with Gasteiger partial charge < -0.3 is 15.1 Å². The van der Waals surface area contributed by atoms with E-state index in [0.29, 0.717) is 6.04 Å². The minimum absolute atomic E-state index is 0.398. The number of piperidine rings is 2. The molecular weight excluding hydrogens is 280 g/mol. The zero-order chi connectivity index (χ0) is 15.0. The van der Waals surface area contributed by atoms with E-state index < -0.39 is 0 Å². The highest BCUT2D eigenvalue weighted by molar-refractivity contribution is 7.15. The molecule has 0 bridgehead atoms. The molecule has 0 radical (unpaired) electrons. The highest BCUT2D eigenvalue weighted by Crippen LogP contribution is 2.36. The molecule has 0 aliphatic carbocycles. The number of aryl methyl sites for hydroxylation is 1. The van der Waals surface area contributed by atoms with Crippen molar-refractivity contribution in [1.29, 1.82) is 0 Å². The third kappa shape index (κ3) is 2.96. The van der Waals surface area contributed by atoms with Gasteiger partial charge in [0.1, 0.15) is 0 Å². The van der Waals surface area contributed by atoms with Gasteiger partial charge in [-0.1, -0.05) is 0 Å². The molecule has 3 rings (SSSR count). The Morgan fingerprint density at radius 1 is 1.33 bits per heavy atom. The van der Waals surface area contributed by atoms with Gasteiger partial charge in [0.25, 0.3) is 0 Å². The van der Waals surface area contributed by atoms with E-state index in [9.17, 15) is 0 Å². The first-order chi connectivity index (χ1) is 10.1. The number of hydrogen-bond donors (Lipinski definition) is 1. The lowest BCUT2D eigenvalue weighted by atomic mass is 9.84. The van der Waals surface area contributed by atoms with Crippen LogP contribution in [0, 0.1) is 12.8 Å². The van der Waals surface area contributed by atoms with Crippen molar-refractivity contribution in [2.75, 3.05) is 38.6 Å². The lowest BCUT2D eigenvalue weighted by Crippen LogP contribution is -2.52. The highest BCUT2D eigenvalue weighted by atomic mass is 32.1. The molecule has 0 spiro atoms. The summed E-state index contributed by atoms with van der Waals surface area (Å²) in [6, 6.07) is 1.20. The molecule has 2 aliphatic heterocycles. The molecule has 5 heteroatoms. The molecule has 0 aromatic carbocycles. The normalized spacial score (nSPS) is 28.5. The largest absolute Gasteiger partial charge is 0.348 e. The van der Waals surface area contributed by atoms with E-state index in [1.54, 1.807) is 0 Å². The average molecular weight is 308 g/mol. The minimum Gasteiger partial charge on any atom is -0.348 e. The van der Waals surface area contributed by atoms with Gasteiger partial charge in [0.15, 0.2) is 5.13 Å². The van der Waals surface area contributed by atoms with Crippen LogP contribution in [0.5, 0.6) is 0 Å². The van der Waals surface area contributed by atoms with E-state index >= 15 is 0 Å². The predicted octanol–water partition coefficient (Wildman–Crippen LogP) is 2.65. The molecule has 2 saturated heterocycles. The van der Waals surface area contributed by atoms with Crippen molar-refractivity contribution < 1.29 is 0 Å². The van der Waals surface area contributed by atoms with Crippen molar-refractivity contribution in [1.82, 2.24) is 15.2 Å². The van der Waals surface area contributed by atoms with Crippen molar-refractivity contribution >= 4 is 16.5 Å². The van der Waals surface area contributed by atoms with Crippen LogP contribution in [0.25, 0.3) is 0 Å². The number of fused-ring (bicyclic) bond motifs is 1. The van der Waals surface area contributed by atoms with Crippen molar-refractivity contribution in [3.63, 3.8) is 0 Å². The molecular formula is C16H28N4S. The molecule has 21 heavy (non-hydrogen) atoms. The number of anilines is 1. The van der Waals surface area contributed by atoms with E-state index in [1.165, 1.54) is 48.1 Å². The Morgan fingerprint density at radius 2 is 2.14 bits per heavy atom. The second kappa shape index (κ2) is 6.23. The molecule has 0 amide bonds. The molecule has 3 atom stereocenters. The maximum atomic E-state index is 4.85. The van der Waals surface area contributed by atoms with Crippen molar-refractivity contribution in [3.05, 3.63) is 10.6 Å². The number of likely N-dealkylation sites (tertiary alicyclic amines) is 1. The molecule has 1 aromatic heterocycles. The van der Waals surface area contributed by atoms with Crippen LogP contribution >= 0.6 is 11.3 Å². The van der Waals surface area contributed by atoms with E-state index in [2.05, 4.69) is 36.0 Å². The predicted molar refractivity (Wildman–Crippen MR) is 90.3 cm³/mol. The van der Waals surface area contributed by atoms with Crippen molar-refractivity contribution in [2.45, 2.75) is 45.2 Å². The standard InChI is InChI=1S/C16H28N4S/c1-11(17-3)15-12(2)18-16(21-15)20-9-7-14-13(10-20)6-5-8-19(14)4/h11,13-14,17H,5-10H2,1-4H3. The summed E-state index contributed by atoms with van der Waals surface area (Å²) in [5.41, 5.74) is 1.19. The van der Waals surface area contributed by atoms with E-state index in [0.717, 1.165) is 18.5 Å². The van der Waals surface area contributed by atoms with Gasteiger partial charge in [0, 0.05) is 30.1 Å². The fourth-order valence-corrected chi connectivity index (χ4v) is 5.05. The smallest absolute Gasteiger partial charge is 0.185 e. The fraction of sp³-hybridized carbons (Fsp3) is 0.812. The third-order valence-corrected chi connectivity index (χ3v) is 6.66. The van der Waals surface area contributed by atoms with Gasteiger partial charge in [-0.05, 0) is 59.7 Å². The Bertz CT molecular complexity index is 487. The van der Waals surface area contributed by atoms with Gasteiger partial charge in [-0.15, -0.1) is 11.3 Å². The minimum atomic E-state index is 0.398. The molecule has 4 nitrogen and oxygen atoms in total. The highest BCUT2D eigenvalue weighted by Gasteiger charge is 2.35. The number of thiazole rings is 1. The van der Waals surface area contributed by atoms with Crippen LogP contribution in [0.3, 0.4) is 0 Å². The van der Waals surface area contributed by atoms with Crippen molar-refractivity contribution in [2.24, 2.45) is 5.92 Å². The zero-order valence-corrected chi connectivity index (χ0v) is 14.5. The Kier molecular flexibility index (Phi) is 4.52. The number of rotatable bonds is 3. The molecule has 1 aromatic rings. The fourth-order valence-electron chi connectivity index (χ4n) is 3.89. The first-order valence-electron chi connectivity index (χ1n) is 8.20. The first kappa shape index (κ1) is 15.3. The number of hydrogen-bond acceptors (Lipinski definition) is 5. The van der Waals surface area contributed by atoms with Gasteiger partial charge in [0.2, 0.25) is 0 Å². The van der Waals surface area contributed by atoms with E-state index in [1.807, 2.05) is 18.4 Å². The van der Waals surface area contributed by atoms with Gasteiger partial charge in [-0.25, -0.2) is 4.98 Å². The number of nitrogens with zero attached hydrogens (tertiary/aromatic N) is 3. The Morgan fingerprint density at radius 3 is 2.90 bits per heavy atom. The number of aromatic nitrogens is 1. The molecule has 1 N–H and O–H groups in total. The van der Waals surface area contributed by atoms with Crippen LogP contribution in [0.15, 0.2) is 0 Å². The van der Waals surface area contributed by atoms with E-state index in [-0.39, 0.29) is 0 Å². The van der Waals surface area contributed by atoms with E-state index in [4.69, 9.17) is 4.98 Å². The Hall–Kier alpha value is -0.650. The van der Waals surface area contributed by atoms with Crippen LogP contribution in [-0.4, -0.2) is 49.7 Å². The molecule has 2 aliphatic rings. The topological polar surface area (TPSA) is 31.4 Å². The van der Waals surface area contributed by atoms with Gasteiger partial charge in [-0.3, -0.25) is 0 Å². The van der Waals surface area contributed by atoms with Crippen molar-refractivity contribution in [3.8, 4) is 0 Å². The third-order valence-electron chi connectivity index (χ3n) is 5.26. The summed E-state index contributed by atoms with van der Waals surface area (Å²) in [6.45, 7) is 7.99. The summed E-state index contributed by atoms with van der Waals surface area (Å²) in [5.74, 6) is 0.826. The Labute approximate surface area is 132 Å². The second-order valence-corrected chi connectivity index (χ2v) is 7.65. The monoisotopic (exact) mass is 308 g/mol. The van der Waals surface area contributed by atoms with Crippen LogP contribution < -0.4 is 10.2 Å². The van der Waals surface area contributed by atoms with Crippen LogP contribution in [0.4, 0.5) is 5.13 Å². The molecule has 3 unspecified atom stereocenters. The summed E-state index contributed by atoms with van der Waals surface area (Å²) >= 11 is 1.88. The lowest BCUT2D eigenvalue weighted by Gasteiger charge is -2.45. The van der Waals surface area contributed by atoms with Gasteiger partial charge in [-0.2, -0.15) is 0 Å². The van der Waals surface area contributed by atoms with Gasteiger partial charge in [0.05, 0.1) is 5.69 Å². The maximum absolute atomic E-state index is 4.85. The van der Waals surface area contributed by atoms with Crippen LogP contribution in [0.1, 0.15) is 42.8 Å². The second-order valence-electron chi connectivity index (χ2n) is 6.64. The molecule has 3 heterocycles. The maximum Gasteiger partial charge on any atom is 0.185 e. The lowest BCUT2D eigenvalue weighted by molar-refractivity contribution is 0.102. The molecule has 0 saturated carbocycles. The summed E-state index contributed by atoms with van der Waals surface area (Å²) in [5, 5.41) is 4.57. The summed E-state index contributed by atoms with van der Waals surface area (Å²) in [6.07, 6.45) is 4.02. The average Bonchev–Trinajstić information content (AvgIpc) is 2.88. The van der Waals surface area contributed by atoms with Gasteiger partial charge >= 0.3 is 0 Å². The summed E-state index contributed by atoms with van der Waals surface area (Å²) < 4.78 is 0. The summed E-state index contributed by atoms with van der Waals surface area (Å²) in [4.78, 5) is 11.3. The number of nitrogens with one attached hydrogen (secondary N) is 1.